The lowest BCUT2D eigenvalue weighted by atomic mass is 10.4. The molecule has 2 aromatic heterocycles. The number of nitrogens with two attached hydrogens (primary N) is 1. The maximum atomic E-state index is 5.50. The van der Waals surface area contributed by atoms with E-state index in [0.29, 0.717) is 5.69 Å². The van der Waals surface area contributed by atoms with Crippen LogP contribution >= 0.6 is 11.5 Å². The lowest BCUT2D eigenvalue weighted by Crippen LogP contribution is -1.83. The maximum Gasteiger partial charge on any atom is 0.101 e. The van der Waals surface area contributed by atoms with E-state index in [1.807, 2.05) is 6.07 Å². The van der Waals surface area contributed by atoms with E-state index < -0.39 is 0 Å². The lowest BCUT2D eigenvalue weighted by Gasteiger charge is -1.88. The standard InChI is InChI=1S/C6H5N3S/c7-4-1-6-5(8-2-4)3-9-10-6/h1-3H,7H2. The molecule has 0 amide bonds. The second-order valence-corrected chi connectivity index (χ2v) is 2.81. The SMILES string of the molecule is Nc1cnc2cnsc2c1. The largest absolute Gasteiger partial charge is 0.397 e. The van der Waals surface area contributed by atoms with Gasteiger partial charge < -0.3 is 5.73 Å². The highest BCUT2D eigenvalue weighted by Gasteiger charge is 1.95. The Morgan fingerprint density at radius 2 is 2.30 bits per heavy atom. The van der Waals surface area contributed by atoms with E-state index in [2.05, 4.69) is 9.36 Å². The topological polar surface area (TPSA) is 51.8 Å². The summed E-state index contributed by atoms with van der Waals surface area (Å²) in [5.41, 5.74) is 7.11. The number of hydrogen-bond acceptors (Lipinski definition) is 4. The van der Waals surface area contributed by atoms with Crippen LogP contribution in [0.5, 0.6) is 0 Å². The molecule has 0 aromatic carbocycles. The third kappa shape index (κ3) is 0.733. The second-order valence-electron chi connectivity index (χ2n) is 1.98. The van der Waals surface area contributed by atoms with Gasteiger partial charge in [-0.1, -0.05) is 0 Å². The molecule has 4 heteroatoms. The molecule has 2 rings (SSSR count). The van der Waals surface area contributed by atoms with E-state index >= 15 is 0 Å². The van der Waals surface area contributed by atoms with Gasteiger partial charge in [-0.05, 0) is 17.6 Å². The lowest BCUT2D eigenvalue weighted by molar-refractivity contribution is 1.41. The van der Waals surface area contributed by atoms with Crippen LogP contribution in [0, 0.1) is 0 Å². The molecule has 0 fully saturated rings. The summed E-state index contributed by atoms with van der Waals surface area (Å²) < 4.78 is 5.01. The van der Waals surface area contributed by atoms with Crippen LogP contribution < -0.4 is 5.73 Å². The van der Waals surface area contributed by atoms with Crippen molar-refractivity contribution in [2.45, 2.75) is 0 Å². The third-order valence-electron chi connectivity index (χ3n) is 1.23. The normalized spacial score (nSPS) is 10.4. The number of rotatable bonds is 0. The Labute approximate surface area is 61.7 Å². The molecule has 0 bridgehead atoms. The van der Waals surface area contributed by atoms with E-state index in [1.54, 1.807) is 12.4 Å². The van der Waals surface area contributed by atoms with Crippen LogP contribution in [-0.2, 0) is 0 Å². The van der Waals surface area contributed by atoms with Crippen molar-refractivity contribution >= 4 is 27.4 Å². The van der Waals surface area contributed by atoms with E-state index in [4.69, 9.17) is 5.73 Å². The highest BCUT2D eigenvalue weighted by molar-refractivity contribution is 7.13. The number of nitrogens with zero attached hydrogens (tertiary/aromatic N) is 2. The fourth-order valence-corrected chi connectivity index (χ4v) is 1.43. The summed E-state index contributed by atoms with van der Waals surface area (Å²) in [6.45, 7) is 0. The molecule has 0 unspecified atom stereocenters. The van der Waals surface area contributed by atoms with Crippen molar-refractivity contribution in [1.82, 2.24) is 9.36 Å². The van der Waals surface area contributed by atoms with Crippen molar-refractivity contribution in [3.63, 3.8) is 0 Å². The third-order valence-corrected chi connectivity index (χ3v) is 1.96. The van der Waals surface area contributed by atoms with E-state index in [9.17, 15) is 0 Å². The van der Waals surface area contributed by atoms with Crippen LogP contribution in [0.2, 0.25) is 0 Å². The van der Waals surface area contributed by atoms with Gasteiger partial charge in [-0.25, -0.2) is 0 Å². The predicted molar refractivity (Wildman–Crippen MR) is 41.8 cm³/mol. The molecular weight excluding hydrogens is 146 g/mol. The van der Waals surface area contributed by atoms with Crippen molar-refractivity contribution in [3.8, 4) is 0 Å². The molecule has 2 aromatic rings. The average Bonchev–Trinajstić information content (AvgIpc) is 2.33. The Morgan fingerprint density at radius 1 is 1.40 bits per heavy atom. The number of nitrogen functional groups attached to an aromatic ring is 1. The smallest absolute Gasteiger partial charge is 0.101 e. The fraction of sp³-hybridized carbons (Fsp3) is 0. The zero-order chi connectivity index (χ0) is 6.97. The van der Waals surface area contributed by atoms with E-state index in [1.165, 1.54) is 11.5 Å². The molecule has 2 heterocycles. The predicted octanol–water partition coefficient (Wildman–Crippen LogP) is 1.27. The van der Waals surface area contributed by atoms with Gasteiger partial charge in [0.2, 0.25) is 0 Å². The minimum Gasteiger partial charge on any atom is -0.397 e. The van der Waals surface area contributed by atoms with Crippen molar-refractivity contribution in [2.24, 2.45) is 0 Å². The Balaban J connectivity index is 2.86. The molecule has 0 saturated carbocycles. The van der Waals surface area contributed by atoms with Gasteiger partial charge in [0.1, 0.15) is 5.52 Å². The zero-order valence-electron chi connectivity index (χ0n) is 5.11. The molecule has 2 N–H and O–H groups in total. The maximum absolute atomic E-state index is 5.50. The fourth-order valence-electron chi connectivity index (χ4n) is 0.773. The summed E-state index contributed by atoms with van der Waals surface area (Å²) in [4.78, 5) is 4.06. The van der Waals surface area contributed by atoms with Crippen LogP contribution in [0.1, 0.15) is 0 Å². The summed E-state index contributed by atoms with van der Waals surface area (Å²) in [6.07, 6.45) is 3.37. The number of hydrogen-bond donors (Lipinski definition) is 1. The Bertz CT molecular complexity index is 355. The summed E-state index contributed by atoms with van der Waals surface area (Å²) in [6, 6.07) is 1.88. The van der Waals surface area contributed by atoms with Crippen molar-refractivity contribution in [2.75, 3.05) is 5.73 Å². The number of pyridine rings is 1. The number of aromatic nitrogens is 2. The molecule has 10 heavy (non-hydrogen) atoms. The molecular formula is C6H5N3S. The molecule has 0 aliphatic heterocycles. The van der Waals surface area contributed by atoms with Gasteiger partial charge in [0, 0.05) is 0 Å². The van der Waals surface area contributed by atoms with Crippen molar-refractivity contribution < 1.29 is 0 Å². The summed E-state index contributed by atoms with van der Waals surface area (Å²) >= 11 is 1.41. The quantitative estimate of drug-likeness (QED) is 0.617. The first kappa shape index (κ1) is 5.61. The Hall–Kier alpha value is -1.16. The van der Waals surface area contributed by atoms with Crippen LogP contribution in [-0.4, -0.2) is 9.36 Å². The summed E-state index contributed by atoms with van der Waals surface area (Å²) in [5, 5.41) is 0. The average molecular weight is 151 g/mol. The van der Waals surface area contributed by atoms with Crippen molar-refractivity contribution in [3.05, 3.63) is 18.5 Å². The highest BCUT2D eigenvalue weighted by Crippen LogP contribution is 2.17. The first-order valence-corrected chi connectivity index (χ1v) is 3.59. The minimum absolute atomic E-state index is 0.691. The van der Waals surface area contributed by atoms with Gasteiger partial charge in [-0.2, -0.15) is 4.37 Å². The summed E-state index contributed by atoms with van der Waals surface area (Å²) in [7, 11) is 0. The Morgan fingerprint density at radius 3 is 3.20 bits per heavy atom. The first-order chi connectivity index (χ1) is 4.86. The molecule has 0 radical (unpaired) electrons. The molecule has 3 nitrogen and oxygen atoms in total. The van der Waals surface area contributed by atoms with Crippen LogP contribution in [0.3, 0.4) is 0 Å². The molecule has 0 spiro atoms. The van der Waals surface area contributed by atoms with Crippen molar-refractivity contribution in [1.29, 1.82) is 0 Å². The van der Waals surface area contributed by atoms with Crippen LogP contribution in [0.4, 0.5) is 5.69 Å². The van der Waals surface area contributed by atoms with Gasteiger partial charge in [-0.15, -0.1) is 0 Å². The monoisotopic (exact) mass is 151 g/mol. The number of fused-ring (bicyclic) bond motifs is 1. The zero-order valence-corrected chi connectivity index (χ0v) is 5.93. The molecule has 0 atom stereocenters. The second kappa shape index (κ2) is 1.91. The van der Waals surface area contributed by atoms with Gasteiger partial charge in [0.25, 0.3) is 0 Å². The van der Waals surface area contributed by atoms with Gasteiger partial charge >= 0.3 is 0 Å². The summed E-state index contributed by atoms with van der Waals surface area (Å²) in [5.74, 6) is 0. The van der Waals surface area contributed by atoms with E-state index in [-0.39, 0.29) is 0 Å². The minimum atomic E-state index is 0.691. The van der Waals surface area contributed by atoms with Gasteiger partial charge in [-0.3, -0.25) is 4.98 Å². The molecule has 0 saturated heterocycles. The van der Waals surface area contributed by atoms with Gasteiger partial charge in [0.15, 0.2) is 0 Å². The first-order valence-electron chi connectivity index (χ1n) is 2.82. The molecule has 50 valence electrons. The number of anilines is 1. The Kier molecular flexibility index (Phi) is 1.07. The molecule has 0 aliphatic rings. The van der Waals surface area contributed by atoms with Crippen LogP contribution in [0.25, 0.3) is 10.2 Å². The molecule has 0 aliphatic carbocycles. The van der Waals surface area contributed by atoms with E-state index in [0.717, 1.165) is 10.2 Å². The van der Waals surface area contributed by atoms with Crippen LogP contribution in [0.15, 0.2) is 18.5 Å². The van der Waals surface area contributed by atoms with Gasteiger partial charge in [0.05, 0.1) is 22.8 Å². The highest BCUT2D eigenvalue weighted by atomic mass is 32.1.